The second-order valence-corrected chi connectivity index (χ2v) is 11.5. The van der Waals surface area contributed by atoms with Crippen molar-refractivity contribution < 1.29 is 21.0 Å². The molecule has 10 heteroatoms. The summed E-state index contributed by atoms with van der Waals surface area (Å²) >= 11 is 0. The summed E-state index contributed by atoms with van der Waals surface area (Å²) in [7, 11) is -5.89. The molecule has 8 nitrogen and oxygen atoms in total. The Balaban J connectivity index is 1.82. The smallest absolute Gasteiger partial charge is 0.306 e. The lowest BCUT2D eigenvalue weighted by atomic mass is 10.1. The van der Waals surface area contributed by atoms with Crippen LogP contribution in [0.1, 0.15) is 5.56 Å². The van der Waals surface area contributed by atoms with Gasteiger partial charge in [-0.1, -0.05) is 17.7 Å². The van der Waals surface area contributed by atoms with E-state index >= 15 is 0 Å². The average Bonchev–Trinajstić information content (AvgIpc) is 3.31. The number of aryl methyl sites for hydroxylation is 2. The van der Waals surface area contributed by atoms with Crippen LogP contribution in [0.15, 0.2) is 78.0 Å². The van der Waals surface area contributed by atoms with E-state index in [4.69, 9.17) is 4.18 Å². The molecule has 0 spiro atoms. The van der Waals surface area contributed by atoms with E-state index < -0.39 is 20.1 Å². The van der Waals surface area contributed by atoms with Gasteiger partial charge in [-0.05, 0) is 55.5 Å². The number of rotatable bonds is 5. The van der Waals surface area contributed by atoms with Crippen molar-refractivity contribution in [3.8, 4) is 17.0 Å². The molecule has 174 valence electrons. The minimum atomic E-state index is -4.00. The first kappa shape index (κ1) is 22.2. The second kappa shape index (κ2) is 7.71. The molecule has 0 saturated carbocycles. The standard InChI is InChI=1S/C24H21N3O5S2/c1-16-6-9-19(10-7-16)34(30,31)27-23(13-17-5-4-12-25-24(17)27)21-15-26(2)22-11-8-18(14-20(21)22)32-33(3,28)29/h4-15H,1-3H3. The highest BCUT2D eigenvalue weighted by Crippen LogP contribution is 2.37. The lowest BCUT2D eigenvalue weighted by Gasteiger charge is -2.12. The zero-order valence-electron chi connectivity index (χ0n) is 18.6. The maximum atomic E-state index is 13.8. The monoisotopic (exact) mass is 495 g/mol. The summed E-state index contributed by atoms with van der Waals surface area (Å²) in [6.07, 6.45) is 4.33. The molecule has 0 radical (unpaired) electrons. The summed E-state index contributed by atoms with van der Waals surface area (Å²) in [5.74, 6) is 0.143. The number of nitrogens with zero attached hydrogens (tertiary/aromatic N) is 3. The number of pyridine rings is 1. The summed E-state index contributed by atoms with van der Waals surface area (Å²) in [6, 6.07) is 16.9. The summed E-state index contributed by atoms with van der Waals surface area (Å²) in [5, 5.41) is 1.31. The first-order chi connectivity index (χ1) is 16.0. The number of benzene rings is 2. The number of aromatic nitrogens is 3. The quantitative estimate of drug-likeness (QED) is 0.341. The molecule has 2 aromatic carbocycles. The fourth-order valence-corrected chi connectivity index (χ4v) is 5.99. The van der Waals surface area contributed by atoms with Gasteiger partial charge in [0.25, 0.3) is 10.0 Å². The number of fused-ring (bicyclic) bond motifs is 2. The van der Waals surface area contributed by atoms with Gasteiger partial charge in [-0.15, -0.1) is 0 Å². The van der Waals surface area contributed by atoms with Gasteiger partial charge in [0.15, 0.2) is 5.65 Å². The highest BCUT2D eigenvalue weighted by atomic mass is 32.2. The van der Waals surface area contributed by atoms with Crippen LogP contribution in [0, 0.1) is 6.92 Å². The molecular formula is C24H21N3O5S2. The zero-order valence-corrected chi connectivity index (χ0v) is 20.3. The Kier molecular flexibility index (Phi) is 5.03. The van der Waals surface area contributed by atoms with E-state index in [-0.39, 0.29) is 10.6 Å². The van der Waals surface area contributed by atoms with Gasteiger partial charge in [-0.3, -0.25) is 0 Å². The maximum Gasteiger partial charge on any atom is 0.306 e. The van der Waals surface area contributed by atoms with Crippen LogP contribution in [0.4, 0.5) is 0 Å². The van der Waals surface area contributed by atoms with Crippen molar-refractivity contribution >= 4 is 42.1 Å². The van der Waals surface area contributed by atoms with Gasteiger partial charge in [0, 0.05) is 41.3 Å². The van der Waals surface area contributed by atoms with Gasteiger partial charge in [-0.25, -0.2) is 17.4 Å². The minimum Gasteiger partial charge on any atom is -0.383 e. The third-order valence-electron chi connectivity index (χ3n) is 5.56. The molecule has 5 aromatic rings. The van der Waals surface area contributed by atoms with Crippen LogP contribution in [0.2, 0.25) is 0 Å². The lowest BCUT2D eigenvalue weighted by Crippen LogP contribution is -2.14. The summed E-state index contributed by atoms with van der Waals surface area (Å²) in [6.45, 7) is 1.89. The van der Waals surface area contributed by atoms with Crippen molar-refractivity contribution in [3.05, 3.63) is 78.6 Å². The van der Waals surface area contributed by atoms with E-state index in [1.807, 2.05) is 24.7 Å². The van der Waals surface area contributed by atoms with Gasteiger partial charge >= 0.3 is 10.1 Å². The molecule has 0 unspecified atom stereocenters. The third-order valence-corrected chi connectivity index (χ3v) is 7.78. The molecular weight excluding hydrogens is 474 g/mol. The molecule has 3 aromatic heterocycles. The molecule has 0 atom stereocenters. The molecule has 3 heterocycles. The molecule has 0 aliphatic carbocycles. The largest absolute Gasteiger partial charge is 0.383 e. The van der Waals surface area contributed by atoms with Crippen LogP contribution in [0.5, 0.6) is 5.75 Å². The van der Waals surface area contributed by atoms with Crippen molar-refractivity contribution in [1.82, 2.24) is 13.5 Å². The second-order valence-electron chi connectivity index (χ2n) is 8.15. The molecule has 0 aliphatic heterocycles. The molecule has 0 aliphatic rings. The van der Waals surface area contributed by atoms with Gasteiger partial charge in [0.05, 0.1) is 16.8 Å². The molecule has 0 saturated heterocycles. The van der Waals surface area contributed by atoms with Crippen LogP contribution in [-0.4, -0.2) is 36.6 Å². The predicted octanol–water partition coefficient (Wildman–Crippen LogP) is 4.08. The zero-order chi connectivity index (χ0) is 24.3. The highest BCUT2D eigenvalue weighted by Gasteiger charge is 2.26. The molecule has 0 amide bonds. The van der Waals surface area contributed by atoms with Gasteiger partial charge in [-0.2, -0.15) is 8.42 Å². The topological polar surface area (TPSA) is 100 Å². The van der Waals surface area contributed by atoms with Crippen LogP contribution in [-0.2, 0) is 27.2 Å². The molecule has 5 rings (SSSR count). The van der Waals surface area contributed by atoms with Crippen LogP contribution >= 0.6 is 0 Å². The Hall–Kier alpha value is -3.63. The van der Waals surface area contributed by atoms with Gasteiger partial charge in [0.2, 0.25) is 0 Å². The van der Waals surface area contributed by atoms with Crippen LogP contribution < -0.4 is 4.18 Å². The number of hydrogen-bond acceptors (Lipinski definition) is 6. The fourth-order valence-electron chi connectivity index (χ4n) is 4.06. The first-order valence-corrected chi connectivity index (χ1v) is 13.6. The van der Waals surface area contributed by atoms with Crippen molar-refractivity contribution in [2.45, 2.75) is 11.8 Å². The van der Waals surface area contributed by atoms with E-state index in [1.54, 1.807) is 66.9 Å². The SMILES string of the molecule is Cc1ccc(S(=O)(=O)n2c(-c3cn(C)c4ccc(OS(C)(=O)=O)cc34)cc3cccnc32)cc1. The van der Waals surface area contributed by atoms with Crippen molar-refractivity contribution in [2.75, 3.05) is 6.26 Å². The summed E-state index contributed by atoms with van der Waals surface area (Å²) < 4.78 is 59.1. The predicted molar refractivity (Wildman–Crippen MR) is 131 cm³/mol. The maximum absolute atomic E-state index is 13.8. The highest BCUT2D eigenvalue weighted by molar-refractivity contribution is 7.90. The van der Waals surface area contributed by atoms with E-state index in [9.17, 15) is 16.8 Å². The molecule has 34 heavy (non-hydrogen) atoms. The van der Waals surface area contributed by atoms with E-state index in [1.165, 1.54) is 3.97 Å². The Labute approximate surface area is 197 Å². The van der Waals surface area contributed by atoms with Crippen molar-refractivity contribution in [2.24, 2.45) is 7.05 Å². The van der Waals surface area contributed by atoms with Crippen LogP contribution in [0.3, 0.4) is 0 Å². The first-order valence-electron chi connectivity index (χ1n) is 10.3. The fraction of sp³-hybridized carbons (Fsp3) is 0.125. The van der Waals surface area contributed by atoms with Crippen LogP contribution in [0.25, 0.3) is 33.2 Å². The molecule has 0 bridgehead atoms. The lowest BCUT2D eigenvalue weighted by molar-refractivity contribution is 0.493. The molecule has 0 N–H and O–H groups in total. The Morgan fingerprint density at radius 2 is 1.68 bits per heavy atom. The summed E-state index contributed by atoms with van der Waals surface area (Å²) in [5.41, 5.74) is 3.05. The molecule has 0 fully saturated rings. The van der Waals surface area contributed by atoms with E-state index in [0.29, 0.717) is 27.7 Å². The summed E-state index contributed by atoms with van der Waals surface area (Å²) in [4.78, 5) is 4.50. The van der Waals surface area contributed by atoms with Gasteiger partial charge < -0.3 is 8.75 Å². The van der Waals surface area contributed by atoms with E-state index in [0.717, 1.165) is 17.3 Å². The normalized spacial score (nSPS) is 12.4. The Bertz CT molecular complexity index is 1780. The third kappa shape index (κ3) is 3.74. The van der Waals surface area contributed by atoms with Gasteiger partial charge in [0.1, 0.15) is 5.75 Å². The van der Waals surface area contributed by atoms with E-state index in [2.05, 4.69) is 4.98 Å². The van der Waals surface area contributed by atoms with Crippen molar-refractivity contribution in [1.29, 1.82) is 0 Å². The number of hydrogen-bond donors (Lipinski definition) is 0. The Morgan fingerprint density at radius 3 is 2.38 bits per heavy atom. The minimum absolute atomic E-state index is 0.142. The average molecular weight is 496 g/mol. The Morgan fingerprint density at radius 1 is 0.941 bits per heavy atom. The van der Waals surface area contributed by atoms with Crippen molar-refractivity contribution in [3.63, 3.8) is 0 Å².